The summed E-state index contributed by atoms with van der Waals surface area (Å²) in [5, 5.41) is 6.16. The summed E-state index contributed by atoms with van der Waals surface area (Å²) in [5.41, 5.74) is 12.9. The lowest BCUT2D eigenvalue weighted by Crippen LogP contribution is -2.17. The van der Waals surface area contributed by atoms with E-state index in [1.807, 2.05) is 29.5 Å². The summed E-state index contributed by atoms with van der Waals surface area (Å²) in [6.07, 6.45) is 5.48. The van der Waals surface area contributed by atoms with Gasteiger partial charge < -0.3 is 0 Å². The van der Waals surface area contributed by atoms with E-state index in [2.05, 4.69) is 172 Å². The van der Waals surface area contributed by atoms with Gasteiger partial charge in [0.05, 0.1) is 11.2 Å². The molecule has 3 aromatic heterocycles. The van der Waals surface area contributed by atoms with E-state index in [0.717, 1.165) is 45.7 Å². The molecule has 0 N–H and O–H groups in total. The Hall–Kier alpha value is -7.08. The number of para-hydroxylation sites is 1. The molecule has 2 aliphatic carbocycles. The highest BCUT2D eigenvalue weighted by Crippen LogP contribution is 2.52. The summed E-state index contributed by atoms with van der Waals surface area (Å²) in [7, 11) is 0. The minimum atomic E-state index is -0.0266. The van der Waals surface area contributed by atoms with Gasteiger partial charge >= 0.3 is 0 Å². The monoisotopic (exact) mass is 786 g/mol. The van der Waals surface area contributed by atoms with Crippen molar-refractivity contribution in [3.05, 3.63) is 198 Å². The van der Waals surface area contributed by atoms with Crippen LogP contribution in [0.5, 0.6) is 0 Å². The van der Waals surface area contributed by atoms with Gasteiger partial charge in [-0.05, 0) is 64.1 Å². The van der Waals surface area contributed by atoms with Crippen LogP contribution < -0.4 is 0 Å². The third-order valence-corrected chi connectivity index (χ3v) is 13.8. The molecule has 12 rings (SSSR count). The Morgan fingerprint density at radius 1 is 0.517 bits per heavy atom. The summed E-state index contributed by atoms with van der Waals surface area (Å²) >= 11 is 1.85. The predicted molar refractivity (Wildman–Crippen MR) is 250 cm³/mol. The van der Waals surface area contributed by atoms with Crippen molar-refractivity contribution < 1.29 is 0 Å². The number of fused-ring (bicyclic) bond motifs is 9. The normalized spacial score (nSPS) is 15.6. The molecule has 0 saturated carbocycles. The topological polar surface area (TPSA) is 51.6 Å². The van der Waals surface area contributed by atoms with E-state index in [9.17, 15) is 0 Å². The van der Waals surface area contributed by atoms with Crippen LogP contribution in [0.1, 0.15) is 43.1 Å². The second-order valence-corrected chi connectivity index (χ2v) is 17.6. The molecular formula is C55H38N4S. The van der Waals surface area contributed by atoms with E-state index in [0.29, 0.717) is 11.6 Å². The van der Waals surface area contributed by atoms with Gasteiger partial charge in [-0.1, -0.05) is 166 Å². The van der Waals surface area contributed by atoms with Crippen LogP contribution in [-0.2, 0) is 5.41 Å². The first kappa shape index (κ1) is 34.9. The minimum absolute atomic E-state index is 0.0266. The zero-order valence-corrected chi connectivity index (χ0v) is 34.0. The Morgan fingerprint density at radius 2 is 1.17 bits per heavy atom. The lowest BCUT2D eigenvalue weighted by atomic mass is 9.79. The smallest absolute Gasteiger partial charge is 0.163 e. The number of rotatable bonds is 5. The Labute approximate surface area is 352 Å². The molecule has 5 heteroatoms. The summed E-state index contributed by atoms with van der Waals surface area (Å²) in [4.78, 5) is 20.6. The quantitative estimate of drug-likeness (QED) is 0.163. The lowest BCUT2D eigenvalue weighted by molar-refractivity contribution is 0.647. The molecule has 60 heavy (non-hydrogen) atoms. The van der Waals surface area contributed by atoms with Gasteiger partial charge in [0.25, 0.3) is 0 Å². The molecule has 1 unspecified atom stereocenters. The van der Waals surface area contributed by atoms with Crippen molar-refractivity contribution in [2.45, 2.75) is 31.6 Å². The molecule has 7 aromatic carbocycles. The molecule has 0 bridgehead atoms. The third kappa shape index (κ3) is 5.50. The molecule has 4 nitrogen and oxygen atoms in total. The third-order valence-electron chi connectivity index (χ3n) is 12.7. The largest absolute Gasteiger partial charge is 0.247 e. The minimum Gasteiger partial charge on any atom is -0.247 e. The number of pyridine rings is 1. The van der Waals surface area contributed by atoms with Gasteiger partial charge in [0.2, 0.25) is 0 Å². The van der Waals surface area contributed by atoms with Gasteiger partial charge in [-0.25, -0.2) is 19.9 Å². The molecule has 0 spiro atoms. The Balaban J connectivity index is 0.948. The highest BCUT2D eigenvalue weighted by atomic mass is 32.1. The zero-order valence-electron chi connectivity index (χ0n) is 33.2. The van der Waals surface area contributed by atoms with Crippen LogP contribution in [0.15, 0.2) is 182 Å². The number of aromatic nitrogens is 4. The van der Waals surface area contributed by atoms with Gasteiger partial charge in [-0.15, -0.1) is 11.3 Å². The van der Waals surface area contributed by atoms with Crippen LogP contribution in [0.3, 0.4) is 0 Å². The Kier molecular flexibility index (Phi) is 7.85. The molecular weight excluding hydrogens is 749 g/mol. The molecule has 0 fully saturated rings. The summed E-state index contributed by atoms with van der Waals surface area (Å²) in [5.74, 6) is 2.22. The van der Waals surface area contributed by atoms with Crippen molar-refractivity contribution in [2.75, 3.05) is 0 Å². The van der Waals surface area contributed by atoms with E-state index in [1.54, 1.807) is 0 Å². The van der Waals surface area contributed by atoms with Crippen molar-refractivity contribution in [3.63, 3.8) is 0 Å². The van der Waals surface area contributed by atoms with Gasteiger partial charge in [0.1, 0.15) is 5.82 Å². The molecule has 284 valence electrons. The number of hydrogen-bond donors (Lipinski definition) is 0. The summed E-state index contributed by atoms with van der Waals surface area (Å²) < 4.78 is 2.55. The number of allylic oxidation sites excluding steroid dienone is 4. The van der Waals surface area contributed by atoms with E-state index >= 15 is 0 Å². The van der Waals surface area contributed by atoms with E-state index in [4.69, 9.17) is 19.9 Å². The average molecular weight is 787 g/mol. The Bertz CT molecular complexity index is 3420. The number of nitrogens with zero attached hydrogens (tertiary/aromatic N) is 4. The Morgan fingerprint density at radius 3 is 1.97 bits per heavy atom. The van der Waals surface area contributed by atoms with Gasteiger partial charge in [0.15, 0.2) is 11.6 Å². The highest BCUT2D eigenvalue weighted by molar-refractivity contribution is 7.26. The van der Waals surface area contributed by atoms with Crippen LogP contribution in [0.25, 0.3) is 92.6 Å². The number of thiophene rings is 1. The second kappa shape index (κ2) is 13.5. The van der Waals surface area contributed by atoms with Crippen LogP contribution >= 0.6 is 11.3 Å². The molecule has 10 aromatic rings. The van der Waals surface area contributed by atoms with Crippen molar-refractivity contribution in [2.24, 2.45) is 0 Å². The van der Waals surface area contributed by atoms with Crippen LogP contribution in [0, 0.1) is 0 Å². The molecule has 2 aliphatic rings. The number of hydrogen-bond acceptors (Lipinski definition) is 5. The van der Waals surface area contributed by atoms with Crippen molar-refractivity contribution >= 4 is 58.8 Å². The molecule has 0 radical (unpaired) electrons. The van der Waals surface area contributed by atoms with Gasteiger partial charge in [-0.2, -0.15) is 0 Å². The van der Waals surface area contributed by atoms with Crippen molar-refractivity contribution in [3.8, 4) is 45.2 Å². The second-order valence-electron chi connectivity index (χ2n) is 16.5. The molecule has 0 amide bonds. The highest BCUT2D eigenvalue weighted by Gasteiger charge is 2.39. The fourth-order valence-electron chi connectivity index (χ4n) is 9.69. The predicted octanol–water partition coefficient (Wildman–Crippen LogP) is 14.4. The fourth-order valence-corrected chi connectivity index (χ4v) is 10.8. The molecule has 0 aliphatic heterocycles. The first-order chi connectivity index (χ1) is 29.5. The van der Waals surface area contributed by atoms with E-state index in [-0.39, 0.29) is 11.3 Å². The summed E-state index contributed by atoms with van der Waals surface area (Å²) in [6, 6.07) is 58.4. The molecule has 0 saturated heterocycles. The zero-order chi connectivity index (χ0) is 40.0. The maximum Gasteiger partial charge on any atom is 0.163 e. The first-order valence-corrected chi connectivity index (χ1v) is 21.5. The maximum atomic E-state index is 5.21. The van der Waals surface area contributed by atoms with E-state index in [1.165, 1.54) is 64.2 Å². The van der Waals surface area contributed by atoms with Gasteiger partial charge in [0, 0.05) is 64.4 Å². The van der Waals surface area contributed by atoms with Crippen LogP contribution in [0.2, 0.25) is 0 Å². The number of benzene rings is 7. The maximum absolute atomic E-state index is 5.21. The van der Waals surface area contributed by atoms with Crippen LogP contribution in [-0.4, -0.2) is 19.9 Å². The van der Waals surface area contributed by atoms with Crippen LogP contribution in [0.4, 0.5) is 0 Å². The van der Waals surface area contributed by atoms with E-state index < -0.39 is 0 Å². The SMILES string of the molecule is CC1(C)C2=C(CC(c3nc(-c4ccccc4)nc(-c4ccc(-c5ccc6sc7ccc8c(-c9ccccc9)nc9ccccc9c8c7c6c5)cc4)n3)C=C2)c2ccccc21. The van der Waals surface area contributed by atoms with Gasteiger partial charge in [-0.3, -0.25) is 0 Å². The molecule has 3 heterocycles. The summed E-state index contributed by atoms with van der Waals surface area (Å²) in [6.45, 7) is 4.67. The first-order valence-electron chi connectivity index (χ1n) is 20.6. The lowest BCUT2D eigenvalue weighted by Gasteiger charge is -2.25. The van der Waals surface area contributed by atoms with Crippen molar-refractivity contribution in [1.82, 2.24) is 19.9 Å². The van der Waals surface area contributed by atoms with Crippen molar-refractivity contribution in [1.29, 1.82) is 0 Å². The fraction of sp³-hybridized carbons (Fsp3) is 0.0909. The standard InChI is InChI=1S/C55H38N4S/c1-55(2)44-19-11-9-17-39(44)42-32-38(25-28-45(42)55)54-58-52(35-15-7-4-8-16-35)57-53(59-54)36-23-21-33(22-24-36)37-26-29-47-43(31-37)50-48(60-47)30-27-41-49(50)40-18-10-12-20-46(40)56-51(41)34-13-5-3-6-14-34/h3-31,38H,32H2,1-2H3. The average Bonchev–Trinajstić information content (AvgIpc) is 3.80. The molecule has 1 atom stereocenters.